The van der Waals surface area contributed by atoms with Crippen molar-refractivity contribution in [1.29, 1.82) is 0 Å². The first-order valence-corrected chi connectivity index (χ1v) is 12.1. The van der Waals surface area contributed by atoms with Crippen LogP contribution in [-0.4, -0.2) is 19.7 Å². The number of Topliss-reactive ketones (excluding diaryl/α,β-unsaturated/α-hetero) is 1. The van der Waals surface area contributed by atoms with Gasteiger partial charge < -0.3 is 0 Å². The third kappa shape index (κ3) is 4.53. The molecule has 0 saturated carbocycles. The zero-order valence-electron chi connectivity index (χ0n) is 17.5. The van der Waals surface area contributed by atoms with Gasteiger partial charge in [-0.1, -0.05) is 20.8 Å². The number of nitrogens with zero attached hydrogens (tertiary/aromatic N) is 3. The maximum atomic E-state index is 13.2. The number of carbonyl (C=O) groups is 1. The first-order chi connectivity index (χ1) is 14.6. The minimum atomic E-state index is -0.563. The molecule has 31 heavy (non-hydrogen) atoms. The average molecular weight is 472 g/mol. The van der Waals surface area contributed by atoms with Crippen molar-refractivity contribution in [2.45, 2.75) is 34.2 Å². The number of fused-ring (bicyclic) bond motifs is 1. The molecule has 0 spiro atoms. The summed E-state index contributed by atoms with van der Waals surface area (Å²) in [5.74, 6) is -0.0669. The molecule has 0 radical (unpaired) electrons. The molecule has 0 aliphatic carbocycles. The van der Waals surface area contributed by atoms with Gasteiger partial charge in [0.2, 0.25) is 0 Å². The molecule has 0 unspecified atom stereocenters. The van der Waals surface area contributed by atoms with Crippen LogP contribution in [0.3, 0.4) is 0 Å². The molecule has 0 aliphatic rings. The number of rotatable bonds is 4. The lowest BCUT2D eigenvalue weighted by Gasteiger charge is -2.12. The second-order valence-corrected chi connectivity index (χ2v) is 11.4. The number of carbonyl (C=O) groups excluding carboxylic acids is 1. The molecule has 4 rings (SSSR count). The Kier molecular flexibility index (Phi) is 5.67. The summed E-state index contributed by atoms with van der Waals surface area (Å²) in [6, 6.07) is 5.41. The predicted octanol–water partition coefficient (Wildman–Crippen LogP) is 2.62. The van der Waals surface area contributed by atoms with Crippen molar-refractivity contribution in [3.63, 3.8) is 0 Å². The molecule has 4 aromatic rings. The molecular weight excluding hydrogens is 450 g/mol. The molecule has 9 heteroatoms. The molecule has 0 bridgehead atoms. The molecule has 0 amide bonds. The lowest BCUT2D eigenvalue weighted by molar-refractivity contribution is -0.120. The van der Waals surface area contributed by atoms with E-state index in [2.05, 4.69) is 4.98 Å². The molecule has 0 N–H and O–H groups in total. The molecule has 6 nitrogen and oxygen atoms in total. The topological polar surface area (TPSA) is 73.4 Å². The Hall–Kier alpha value is -2.62. The van der Waals surface area contributed by atoms with Crippen molar-refractivity contribution in [2.75, 3.05) is 0 Å². The van der Waals surface area contributed by atoms with E-state index < -0.39 is 5.41 Å². The molecule has 0 atom stereocenters. The fraction of sp³-hybridized carbons (Fsp3) is 0.273. The van der Waals surface area contributed by atoms with Gasteiger partial charge in [0.15, 0.2) is 10.7 Å². The number of ketones is 1. The van der Waals surface area contributed by atoms with Crippen LogP contribution in [0.1, 0.15) is 36.2 Å². The SMILES string of the molecule is Cc1ccc(/C=c2\s/c(=C\C(=O)C(C)(C)C)n(Cc3cc(=O)n4ccsc4n3)c2=O)s1. The van der Waals surface area contributed by atoms with Gasteiger partial charge in [0.25, 0.3) is 11.1 Å². The molecule has 0 aliphatic heterocycles. The summed E-state index contributed by atoms with van der Waals surface area (Å²) >= 11 is 4.24. The van der Waals surface area contributed by atoms with Crippen molar-refractivity contribution in [3.8, 4) is 0 Å². The monoisotopic (exact) mass is 471 g/mol. The average Bonchev–Trinajstić information content (AvgIpc) is 3.38. The van der Waals surface area contributed by atoms with Gasteiger partial charge in [-0.3, -0.25) is 23.4 Å². The number of thiazole rings is 2. The molecule has 160 valence electrons. The summed E-state index contributed by atoms with van der Waals surface area (Å²) in [6.45, 7) is 7.67. The number of hydrogen-bond acceptors (Lipinski definition) is 7. The van der Waals surface area contributed by atoms with E-state index in [1.807, 2.05) is 45.9 Å². The van der Waals surface area contributed by atoms with Crippen molar-refractivity contribution in [3.05, 3.63) is 75.1 Å². The number of aryl methyl sites for hydroxylation is 1. The summed E-state index contributed by atoms with van der Waals surface area (Å²) in [6.07, 6.45) is 5.05. The third-order valence-electron chi connectivity index (χ3n) is 4.64. The van der Waals surface area contributed by atoms with E-state index in [4.69, 9.17) is 0 Å². The van der Waals surface area contributed by atoms with Crippen LogP contribution < -0.4 is 20.3 Å². The molecule has 0 saturated heterocycles. The normalized spacial score (nSPS) is 13.4. The summed E-state index contributed by atoms with van der Waals surface area (Å²) in [4.78, 5) is 45.5. The van der Waals surface area contributed by atoms with Crippen molar-refractivity contribution in [2.24, 2.45) is 5.41 Å². The lowest BCUT2D eigenvalue weighted by atomic mass is 9.91. The predicted molar refractivity (Wildman–Crippen MR) is 128 cm³/mol. The van der Waals surface area contributed by atoms with E-state index in [0.717, 1.165) is 9.75 Å². The van der Waals surface area contributed by atoms with Crippen LogP contribution in [0.5, 0.6) is 0 Å². The van der Waals surface area contributed by atoms with Crippen molar-refractivity contribution >= 4 is 56.9 Å². The molecule has 0 fully saturated rings. The maximum absolute atomic E-state index is 13.2. The zero-order valence-corrected chi connectivity index (χ0v) is 20.0. The number of hydrogen-bond donors (Lipinski definition) is 0. The van der Waals surface area contributed by atoms with E-state index in [9.17, 15) is 14.4 Å². The highest BCUT2D eigenvalue weighted by molar-refractivity contribution is 7.15. The Morgan fingerprint density at radius 3 is 2.65 bits per heavy atom. The van der Waals surface area contributed by atoms with Crippen LogP contribution in [0, 0.1) is 12.3 Å². The van der Waals surface area contributed by atoms with Gasteiger partial charge in [-0.25, -0.2) is 4.98 Å². The Bertz CT molecular complexity index is 1520. The summed E-state index contributed by atoms with van der Waals surface area (Å²) in [5.41, 5.74) is -0.463. The third-order valence-corrected chi connectivity index (χ3v) is 7.41. The summed E-state index contributed by atoms with van der Waals surface area (Å²) in [5, 5.41) is 1.79. The van der Waals surface area contributed by atoms with Gasteiger partial charge >= 0.3 is 0 Å². The zero-order chi connectivity index (χ0) is 22.3. The Morgan fingerprint density at radius 1 is 1.19 bits per heavy atom. The Balaban J connectivity index is 1.89. The maximum Gasteiger partial charge on any atom is 0.269 e. The fourth-order valence-electron chi connectivity index (χ4n) is 2.91. The van der Waals surface area contributed by atoms with E-state index in [-0.39, 0.29) is 23.4 Å². The minimum Gasteiger partial charge on any atom is -0.294 e. The lowest BCUT2D eigenvalue weighted by Crippen LogP contribution is -2.33. The van der Waals surface area contributed by atoms with Crippen molar-refractivity contribution in [1.82, 2.24) is 14.0 Å². The largest absolute Gasteiger partial charge is 0.294 e. The van der Waals surface area contributed by atoms with Crippen LogP contribution in [0.15, 0.2) is 39.4 Å². The van der Waals surface area contributed by atoms with Gasteiger partial charge in [-0.15, -0.1) is 34.0 Å². The fourth-order valence-corrected chi connectivity index (χ4v) is 5.58. The summed E-state index contributed by atoms with van der Waals surface area (Å²) in [7, 11) is 0. The highest BCUT2D eigenvalue weighted by Gasteiger charge is 2.20. The molecule has 4 aromatic heterocycles. The van der Waals surface area contributed by atoms with Gasteiger partial charge in [0, 0.05) is 38.9 Å². The van der Waals surface area contributed by atoms with E-state index >= 15 is 0 Å². The standard InChI is InChI=1S/C22H21N3O3S3/c1-13-5-6-15(30-13)10-16-20(28)25(19(31-16)11-17(26)22(2,3)4)12-14-9-18(27)24-7-8-29-21(24)23-14/h5-11H,12H2,1-4H3/b16-10-,19-11-. The van der Waals surface area contributed by atoms with E-state index in [0.29, 0.717) is 19.8 Å². The van der Waals surface area contributed by atoms with Crippen LogP contribution in [0.4, 0.5) is 0 Å². The van der Waals surface area contributed by atoms with Crippen LogP contribution in [0.25, 0.3) is 17.1 Å². The first-order valence-electron chi connectivity index (χ1n) is 9.61. The van der Waals surface area contributed by atoms with Crippen LogP contribution >= 0.6 is 34.0 Å². The molecule has 0 aromatic carbocycles. The van der Waals surface area contributed by atoms with E-state index in [1.165, 1.54) is 43.8 Å². The minimum absolute atomic E-state index is 0.0669. The quantitative estimate of drug-likeness (QED) is 0.459. The van der Waals surface area contributed by atoms with Gasteiger partial charge in [0.05, 0.1) is 16.8 Å². The second-order valence-electron chi connectivity index (χ2n) is 8.19. The Morgan fingerprint density at radius 2 is 1.97 bits per heavy atom. The first kappa shape index (κ1) is 21.6. The highest BCUT2D eigenvalue weighted by Crippen LogP contribution is 2.16. The highest BCUT2D eigenvalue weighted by atomic mass is 32.1. The Labute approximate surface area is 190 Å². The van der Waals surface area contributed by atoms with Gasteiger partial charge in [0.1, 0.15) is 4.66 Å². The second kappa shape index (κ2) is 8.14. The molecule has 4 heterocycles. The van der Waals surface area contributed by atoms with Crippen molar-refractivity contribution < 1.29 is 4.79 Å². The number of thiophene rings is 1. The van der Waals surface area contributed by atoms with Gasteiger partial charge in [-0.05, 0) is 25.1 Å². The van der Waals surface area contributed by atoms with E-state index in [1.54, 1.807) is 22.9 Å². The number of aromatic nitrogens is 3. The van der Waals surface area contributed by atoms with Crippen LogP contribution in [-0.2, 0) is 11.3 Å². The smallest absolute Gasteiger partial charge is 0.269 e. The molecular formula is C22H21N3O3S3. The van der Waals surface area contributed by atoms with Crippen LogP contribution in [0.2, 0.25) is 0 Å². The van der Waals surface area contributed by atoms with Gasteiger partial charge in [-0.2, -0.15) is 0 Å². The summed E-state index contributed by atoms with van der Waals surface area (Å²) < 4.78 is 4.10.